The predicted octanol–water partition coefficient (Wildman–Crippen LogP) is -0.865. The summed E-state index contributed by atoms with van der Waals surface area (Å²) in [5.74, 6) is -0.955. The zero-order valence-electron chi connectivity index (χ0n) is 10.6. The molecule has 0 aliphatic heterocycles. The SMILES string of the molecule is CCCCCCCCCC(=O)OS(=O)(=O)[O-].[Na+]. The summed E-state index contributed by atoms with van der Waals surface area (Å²) in [6.07, 6.45) is 7.17. The normalized spacial score (nSPS) is 10.7. The summed E-state index contributed by atoms with van der Waals surface area (Å²) in [4.78, 5) is 10.8. The van der Waals surface area contributed by atoms with Crippen LogP contribution in [-0.4, -0.2) is 18.9 Å². The maximum absolute atomic E-state index is 10.8. The molecule has 0 aliphatic rings. The number of hydrogen-bond donors (Lipinski definition) is 0. The van der Waals surface area contributed by atoms with Crippen molar-refractivity contribution in [3.05, 3.63) is 0 Å². The van der Waals surface area contributed by atoms with Gasteiger partial charge in [0.25, 0.3) is 10.4 Å². The van der Waals surface area contributed by atoms with Crippen LogP contribution < -0.4 is 29.6 Å². The second-order valence-electron chi connectivity index (χ2n) is 3.73. The van der Waals surface area contributed by atoms with Crippen molar-refractivity contribution < 1.29 is 51.5 Å². The molecule has 0 radical (unpaired) electrons. The van der Waals surface area contributed by atoms with Crippen molar-refractivity contribution in [2.24, 2.45) is 0 Å². The average Bonchev–Trinajstić information content (AvgIpc) is 2.13. The first-order valence-electron chi connectivity index (χ1n) is 5.64. The van der Waals surface area contributed by atoms with E-state index in [0.29, 0.717) is 6.42 Å². The summed E-state index contributed by atoms with van der Waals surface area (Å²) in [6.45, 7) is 2.14. The van der Waals surface area contributed by atoms with Gasteiger partial charge in [0.05, 0.1) is 0 Å². The summed E-state index contributed by atoms with van der Waals surface area (Å²) >= 11 is 0. The molecule has 5 nitrogen and oxygen atoms in total. The Kier molecular flexibility index (Phi) is 13.3. The third-order valence-electron chi connectivity index (χ3n) is 2.18. The van der Waals surface area contributed by atoms with Gasteiger partial charge in [-0.05, 0) is 6.42 Å². The molecule has 0 saturated carbocycles. The molecular weight excluding hydrogens is 255 g/mol. The third kappa shape index (κ3) is 16.4. The van der Waals surface area contributed by atoms with Crippen molar-refractivity contribution in [3.63, 3.8) is 0 Å². The van der Waals surface area contributed by atoms with E-state index in [0.717, 1.165) is 19.3 Å². The monoisotopic (exact) mass is 274 g/mol. The molecule has 0 unspecified atom stereocenters. The molecule has 0 saturated heterocycles. The van der Waals surface area contributed by atoms with Gasteiger partial charge in [-0.25, -0.2) is 8.42 Å². The Hall–Kier alpha value is 0.380. The van der Waals surface area contributed by atoms with Crippen molar-refractivity contribution in [1.29, 1.82) is 0 Å². The summed E-state index contributed by atoms with van der Waals surface area (Å²) in [5, 5.41) is 0. The maximum Gasteiger partial charge on any atom is 1.00 e. The topological polar surface area (TPSA) is 83.5 Å². The van der Waals surface area contributed by atoms with E-state index in [9.17, 15) is 17.8 Å². The van der Waals surface area contributed by atoms with Gasteiger partial charge >= 0.3 is 35.5 Å². The van der Waals surface area contributed by atoms with Crippen LogP contribution in [0.4, 0.5) is 0 Å². The van der Waals surface area contributed by atoms with E-state index < -0.39 is 16.4 Å². The minimum absolute atomic E-state index is 0. The second-order valence-corrected chi connectivity index (χ2v) is 4.72. The minimum atomic E-state index is -4.88. The molecule has 0 N–H and O–H groups in total. The fraction of sp³-hybridized carbons (Fsp3) is 0.900. The zero-order chi connectivity index (χ0) is 12.4. The van der Waals surface area contributed by atoms with Gasteiger partial charge in [-0.15, -0.1) is 0 Å². The number of unbranched alkanes of at least 4 members (excludes halogenated alkanes) is 6. The largest absolute Gasteiger partial charge is 1.00 e. The molecule has 17 heavy (non-hydrogen) atoms. The first-order chi connectivity index (χ1) is 7.45. The van der Waals surface area contributed by atoms with Crippen LogP contribution in [0.1, 0.15) is 58.3 Å². The first-order valence-corrected chi connectivity index (χ1v) is 6.97. The van der Waals surface area contributed by atoms with Crippen LogP contribution in [-0.2, 0) is 19.4 Å². The number of carbonyl (C=O) groups excluding carboxylic acids is 1. The second kappa shape index (κ2) is 11.5. The molecule has 0 bridgehead atoms. The van der Waals surface area contributed by atoms with E-state index in [1.54, 1.807) is 0 Å². The van der Waals surface area contributed by atoms with E-state index in [1.165, 1.54) is 19.3 Å². The van der Waals surface area contributed by atoms with Gasteiger partial charge in [-0.2, -0.15) is 0 Å². The average molecular weight is 274 g/mol. The number of hydrogen-bond acceptors (Lipinski definition) is 5. The van der Waals surface area contributed by atoms with Crippen molar-refractivity contribution in [2.45, 2.75) is 58.3 Å². The van der Waals surface area contributed by atoms with Crippen LogP contribution in [0, 0.1) is 0 Å². The predicted molar refractivity (Wildman–Crippen MR) is 58.4 cm³/mol. The van der Waals surface area contributed by atoms with Gasteiger partial charge in [0.1, 0.15) is 0 Å². The first kappa shape index (κ1) is 19.7. The smallest absolute Gasteiger partial charge is 0.716 e. The summed E-state index contributed by atoms with van der Waals surface area (Å²) in [6, 6.07) is 0. The Labute approximate surface area is 126 Å². The maximum atomic E-state index is 10.8. The van der Waals surface area contributed by atoms with Crippen molar-refractivity contribution in [1.82, 2.24) is 0 Å². The molecule has 7 heteroatoms. The van der Waals surface area contributed by atoms with Crippen LogP contribution in [0.2, 0.25) is 0 Å². The van der Waals surface area contributed by atoms with E-state index in [1.807, 2.05) is 0 Å². The van der Waals surface area contributed by atoms with Crippen LogP contribution >= 0.6 is 0 Å². The Morgan fingerprint density at radius 2 is 1.53 bits per heavy atom. The molecule has 0 spiro atoms. The van der Waals surface area contributed by atoms with Crippen LogP contribution in [0.15, 0.2) is 0 Å². The van der Waals surface area contributed by atoms with E-state index in [4.69, 9.17) is 0 Å². The van der Waals surface area contributed by atoms with Crippen LogP contribution in [0.3, 0.4) is 0 Å². The number of carbonyl (C=O) groups is 1. The van der Waals surface area contributed by atoms with Gasteiger partial charge in [-0.3, -0.25) is 4.79 Å². The molecule has 0 heterocycles. The Morgan fingerprint density at radius 3 is 2.00 bits per heavy atom. The van der Waals surface area contributed by atoms with Crippen molar-refractivity contribution in [2.75, 3.05) is 0 Å². The molecule has 0 aromatic carbocycles. The van der Waals surface area contributed by atoms with E-state index in [2.05, 4.69) is 11.1 Å². The van der Waals surface area contributed by atoms with Crippen LogP contribution in [0.5, 0.6) is 0 Å². The van der Waals surface area contributed by atoms with Crippen molar-refractivity contribution in [3.8, 4) is 0 Å². The van der Waals surface area contributed by atoms with E-state index in [-0.39, 0.29) is 36.0 Å². The molecular formula is C10H19NaO5S. The summed E-state index contributed by atoms with van der Waals surface area (Å²) in [7, 11) is -4.88. The van der Waals surface area contributed by atoms with Gasteiger partial charge in [0, 0.05) is 6.42 Å². The molecule has 0 amide bonds. The molecule has 0 atom stereocenters. The third-order valence-corrected chi connectivity index (χ3v) is 2.57. The fourth-order valence-electron chi connectivity index (χ4n) is 1.38. The molecule has 0 aromatic heterocycles. The standard InChI is InChI=1S/C10H20O5S.Na/c1-2-3-4-5-6-7-8-9-10(11)15-16(12,13)14;/h2-9H2,1H3,(H,12,13,14);/q;+1/p-1. The number of rotatable bonds is 9. The molecule has 0 fully saturated rings. The molecule has 0 rings (SSSR count). The van der Waals surface area contributed by atoms with Crippen LogP contribution in [0.25, 0.3) is 0 Å². The van der Waals surface area contributed by atoms with Crippen molar-refractivity contribution >= 4 is 16.4 Å². The molecule has 96 valence electrons. The van der Waals surface area contributed by atoms with E-state index >= 15 is 0 Å². The fourth-order valence-corrected chi connectivity index (χ4v) is 1.69. The summed E-state index contributed by atoms with van der Waals surface area (Å²) < 4.78 is 33.8. The van der Waals surface area contributed by atoms with Gasteiger partial charge in [0.15, 0.2) is 0 Å². The van der Waals surface area contributed by atoms with Gasteiger partial charge in [-0.1, -0.05) is 45.4 Å². The van der Waals surface area contributed by atoms with Gasteiger partial charge < -0.3 is 8.74 Å². The Bertz CT molecular complexity index is 289. The Morgan fingerprint density at radius 1 is 1.06 bits per heavy atom. The van der Waals surface area contributed by atoms with Gasteiger partial charge in [0.2, 0.25) is 0 Å². The zero-order valence-corrected chi connectivity index (χ0v) is 13.4. The molecule has 0 aliphatic carbocycles. The summed E-state index contributed by atoms with van der Waals surface area (Å²) in [5.41, 5.74) is 0. The Balaban J connectivity index is 0. The quantitative estimate of drug-likeness (QED) is 0.236. The minimum Gasteiger partial charge on any atom is -0.716 e. The molecule has 0 aromatic rings.